The number of hydrogen-bond donors (Lipinski definition) is 0. The Morgan fingerprint density at radius 2 is 1.52 bits per heavy atom. The predicted molar refractivity (Wildman–Crippen MR) is 77.9 cm³/mol. The summed E-state index contributed by atoms with van der Waals surface area (Å²) < 4.78 is 41.1. The monoisotopic (exact) mass is 288 g/mol. The zero-order valence-electron chi connectivity index (χ0n) is 11.6. The molecule has 3 heteroatoms. The molecule has 0 nitrogen and oxygen atoms in total. The number of rotatable bonds is 3. The first-order chi connectivity index (χ1) is 9.89. The molecule has 0 amide bonds. The quantitative estimate of drug-likeness (QED) is 0.720. The van der Waals surface area contributed by atoms with Gasteiger partial charge in [-0.3, -0.25) is 0 Å². The fraction of sp³-hybridized carbons (Fsp3) is 0.222. The van der Waals surface area contributed by atoms with Crippen LogP contribution >= 0.6 is 0 Å². The number of halogens is 3. The van der Waals surface area contributed by atoms with Gasteiger partial charge in [0.15, 0.2) is 5.41 Å². The van der Waals surface area contributed by atoms with Crippen LogP contribution in [0.15, 0.2) is 54.6 Å². The molecule has 0 aliphatic carbocycles. The van der Waals surface area contributed by atoms with Gasteiger partial charge in [-0.25, -0.2) is 0 Å². The number of alkyl halides is 3. The summed E-state index contributed by atoms with van der Waals surface area (Å²) in [6.45, 7) is 1.83. The van der Waals surface area contributed by atoms with Crippen molar-refractivity contribution in [2.45, 2.75) is 24.9 Å². The van der Waals surface area contributed by atoms with Gasteiger partial charge < -0.3 is 0 Å². The molecule has 0 bridgehead atoms. The summed E-state index contributed by atoms with van der Waals surface area (Å²) in [5.41, 5.74) is -0.742. The van der Waals surface area contributed by atoms with E-state index in [2.05, 4.69) is 0 Å². The normalized spacial score (nSPS) is 14.2. The smallest absolute Gasteiger partial charge is 0.169 e. The summed E-state index contributed by atoms with van der Waals surface area (Å²) >= 11 is 0. The summed E-state index contributed by atoms with van der Waals surface area (Å²) in [7, 11) is 0. The van der Waals surface area contributed by atoms with E-state index in [4.69, 9.17) is 6.42 Å². The lowest BCUT2D eigenvalue weighted by atomic mass is 9.75. The molecule has 2 rings (SSSR count). The summed E-state index contributed by atoms with van der Waals surface area (Å²) in [6.07, 6.45) is 0.554. The van der Waals surface area contributed by atoms with Crippen molar-refractivity contribution in [3.05, 3.63) is 71.3 Å². The zero-order valence-corrected chi connectivity index (χ0v) is 11.6. The standard InChI is InChI=1S/C18H15F3/c1-3-17(18(19,20)21,13-15-7-5-4-6-8-15)16-11-9-14(2)10-12-16/h1,4-12H,13H2,2H3/t17-/m0/s1. The van der Waals surface area contributed by atoms with Gasteiger partial charge >= 0.3 is 6.18 Å². The van der Waals surface area contributed by atoms with Crippen LogP contribution in [0.25, 0.3) is 0 Å². The fourth-order valence-corrected chi connectivity index (χ4v) is 2.32. The summed E-state index contributed by atoms with van der Waals surface area (Å²) in [4.78, 5) is 0. The third-order valence-corrected chi connectivity index (χ3v) is 3.59. The van der Waals surface area contributed by atoms with Gasteiger partial charge in [0, 0.05) is 6.42 Å². The Balaban J connectivity index is 2.54. The average Bonchev–Trinajstić information content (AvgIpc) is 2.45. The highest BCUT2D eigenvalue weighted by molar-refractivity contribution is 5.41. The van der Waals surface area contributed by atoms with E-state index in [1.165, 1.54) is 12.1 Å². The van der Waals surface area contributed by atoms with E-state index in [0.29, 0.717) is 5.56 Å². The Morgan fingerprint density at radius 3 is 2.00 bits per heavy atom. The number of terminal acetylenes is 1. The van der Waals surface area contributed by atoms with E-state index in [1.54, 1.807) is 42.5 Å². The van der Waals surface area contributed by atoms with E-state index in [1.807, 2.05) is 12.8 Å². The van der Waals surface area contributed by atoms with Gasteiger partial charge in [0.2, 0.25) is 0 Å². The van der Waals surface area contributed by atoms with Crippen LogP contribution in [0.4, 0.5) is 13.2 Å². The highest BCUT2D eigenvalue weighted by Crippen LogP contribution is 2.43. The molecular formula is C18H15F3. The van der Waals surface area contributed by atoms with Crippen molar-refractivity contribution < 1.29 is 13.2 Å². The molecule has 0 aliphatic heterocycles. The highest BCUT2D eigenvalue weighted by Gasteiger charge is 2.54. The van der Waals surface area contributed by atoms with Crippen LogP contribution in [0.2, 0.25) is 0 Å². The van der Waals surface area contributed by atoms with Crippen molar-refractivity contribution >= 4 is 0 Å². The lowest BCUT2D eigenvalue weighted by molar-refractivity contribution is -0.172. The average molecular weight is 288 g/mol. The second-order valence-corrected chi connectivity index (χ2v) is 5.08. The summed E-state index contributed by atoms with van der Waals surface area (Å²) in [6, 6.07) is 14.7. The molecule has 2 aromatic carbocycles. The minimum absolute atomic E-state index is 0.104. The largest absolute Gasteiger partial charge is 0.409 e. The van der Waals surface area contributed by atoms with Crippen molar-refractivity contribution in [3.63, 3.8) is 0 Å². The van der Waals surface area contributed by atoms with E-state index >= 15 is 0 Å². The maximum atomic E-state index is 13.7. The van der Waals surface area contributed by atoms with Crippen molar-refractivity contribution in [3.8, 4) is 12.3 Å². The maximum Gasteiger partial charge on any atom is 0.409 e. The van der Waals surface area contributed by atoms with Crippen LogP contribution in [0.3, 0.4) is 0 Å². The SMILES string of the molecule is C#C[C@](Cc1ccccc1)(c1ccc(C)cc1)C(F)(F)F. The minimum atomic E-state index is -4.52. The Kier molecular flexibility index (Phi) is 4.09. The molecule has 0 aromatic heterocycles. The molecule has 0 saturated carbocycles. The van der Waals surface area contributed by atoms with Gasteiger partial charge in [-0.1, -0.05) is 66.1 Å². The van der Waals surface area contributed by atoms with Crippen LogP contribution in [-0.4, -0.2) is 6.18 Å². The number of benzene rings is 2. The lowest BCUT2D eigenvalue weighted by Crippen LogP contribution is -2.43. The molecule has 0 spiro atoms. The summed E-state index contributed by atoms with van der Waals surface area (Å²) in [5.74, 6) is 2.01. The Bertz CT molecular complexity index is 633. The van der Waals surface area contributed by atoms with Gasteiger partial charge in [-0.15, -0.1) is 6.42 Å². The molecule has 2 aromatic rings. The molecule has 0 N–H and O–H groups in total. The Labute approximate surface area is 122 Å². The molecule has 0 fully saturated rings. The van der Waals surface area contributed by atoms with E-state index in [0.717, 1.165) is 5.56 Å². The molecular weight excluding hydrogens is 273 g/mol. The molecule has 0 radical (unpaired) electrons. The van der Waals surface area contributed by atoms with Crippen LogP contribution in [-0.2, 0) is 11.8 Å². The van der Waals surface area contributed by atoms with Crippen molar-refractivity contribution in [2.75, 3.05) is 0 Å². The van der Waals surface area contributed by atoms with Crippen molar-refractivity contribution in [1.29, 1.82) is 0 Å². The van der Waals surface area contributed by atoms with Crippen LogP contribution < -0.4 is 0 Å². The number of hydrogen-bond acceptors (Lipinski definition) is 0. The molecule has 21 heavy (non-hydrogen) atoms. The lowest BCUT2D eigenvalue weighted by Gasteiger charge is -2.31. The molecule has 1 atom stereocenters. The third-order valence-electron chi connectivity index (χ3n) is 3.59. The fourth-order valence-electron chi connectivity index (χ4n) is 2.32. The Hall–Kier alpha value is -2.21. The Morgan fingerprint density at radius 1 is 0.952 bits per heavy atom. The predicted octanol–water partition coefficient (Wildman–Crippen LogP) is 4.67. The first-order valence-corrected chi connectivity index (χ1v) is 6.54. The third kappa shape index (κ3) is 2.95. The molecule has 0 heterocycles. The second-order valence-electron chi connectivity index (χ2n) is 5.08. The number of aryl methyl sites for hydroxylation is 1. The van der Waals surface area contributed by atoms with Crippen LogP contribution in [0.5, 0.6) is 0 Å². The summed E-state index contributed by atoms with van der Waals surface area (Å²) in [5, 5.41) is 0. The second kappa shape index (κ2) is 5.65. The topological polar surface area (TPSA) is 0 Å². The maximum absolute atomic E-state index is 13.7. The van der Waals surface area contributed by atoms with Crippen molar-refractivity contribution in [1.82, 2.24) is 0 Å². The van der Waals surface area contributed by atoms with Crippen LogP contribution in [0, 0.1) is 19.3 Å². The van der Waals surface area contributed by atoms with Gasteiger partial charge in [0.1, 0.15) is 0 Å². The first-order valence-electron chi connectivity index (χ1n) is 6.54. The van der Waals surface area contributed by atoms with Gasteiger partial charge in [0.25, 0.3) is 0 Å². The van der Waals surface area contributed by atoms with E-state index in [9.17, 15) is 13.2 Å². The minimum Gasteiger partial charge on any atom is -0.169 e. The zero-order chi connectivity index (χ0) is 15.5. The molecule has 0 aliphatic rings. The highest BCUT2D eigenvalue weighted by atomic mass is 19.4. The molecule has 0 saturated heterocycles. The van der Waals surface area contributed by atoms with Gasteiger partial charge in [-0.05, 0) is 18.1 Å². The van der Waals surface area contributed by atoms with E-state index < -0.39 is 11.6 Å². The van der Waals surface area contributed by atoms with Gasteiger partial charge in [-0.2, -0.15) is 13.2 Å². The van der Waals surface area contributed by atoms with Crippen molar-refractivity contribution in [2.24, 2.45) is 0 Å². The van der Waals surface area contributed by atoms with Gasteiger partial charge in [0.05, 0.1) is 0 Å². The van der Waals surface area contributed by atoms with E-state index in [-0.39, 0.29) is 12.0 Å². The molecule has 0 unspecified atom stereocenters. The van der Waals surface area contributed by atoms with Crippen LogP contribution in [0.1, 0.15) is 16.7 Å². The molecule has 108 valence electrons. The first kappa shape index (κ1) is 15.2.